The molecular formula is C14H20N4O2. The van der Waals surface area contributed by atoms with Crippen LogP contribution in [-0.4, -0.2) is 27.7 Å². The van der Waals surface area contributed by atoms with E-state index in [1.165, 1.54) is 15.6 Å². The Morgan fingerprint density at radius 2 is 2.00 bits per heavy atom. The van der Waals surface area contributed by atoms with Gasteiger partial charge in [0.1, 0.15) is 0 Å². The van der Waals surface area contributed by atoms with Gasteiger partial charge in [-0.05, 0) is 12.8 Å². The maximum Gasteiger partial charge on any atom is 0.355 e. The van der Waals surface area contributed by atoms with Gasteiger partial charge in [0, 0.05) is 20.1 Å². The molecule has 6 heteroatoms. The number of hydrogen-bond donors (Lipinski definition) is 0. The summed E-state index contributed by atoms with van der Waals surface area (Å²) >= 11 is 0. The molecule has 0 unspecified atom stereocenters. The van der Waals surface area contributed by atoms with E-state index in [9.17, 15) is 9.59 Å². The van der Waals surface area contributed by atoms with Crippen molar-refractivity contribution in [3.8, 4) is 12.3 Å². The summed E-state index contributed by atoms with van der Waals surface area (Å²) in [4.78, 5) is 30.3. The van der Waals surface area contributed by atoms with Gasteiger partial charge in [0.2, 0.25) is 5.95 Å². The van der Waals surface area contributed by atoms with Crippen molar-refractivity contribution in [2.24, 2.45) is 7.05 Å². The summed E-state index contributed by atoms with van der Waals surface area (Å²) in [6.45, 7) is 0.299. The van der Waals surface area contributed by atoms with Gasteiger partial charge in [-0.1, -0.05) is 25.2 Å². The molecule has 1 aliphatic rings. The van der Waals surface area contributed by atoms with Crippen LogP contribution in [-0.2, 0) is 7.05 Å². The van der Waals surface area contributed by atoms with Crippen molar-refractivity contribution in [2.75, 3.05) is 18.5 Å². The number of anilines is 1. The Kier molecular flexibility index (Phi) is 4.28. The van der Waals surface area contributed by atoms with E-state index in [0.717, 1.165) is 25.7 Å². The topological polar surface area (TPSA) is 60.1 Å². The summed E-state index contributed by atoms with van der Waals surface area (Å²) in [6, 6.07) is -0.0190. The summed E-state index contributed by atoms with van der Waals surface area (Å²) in [5, 5.41) is 0. The van der Waals surface area contributed by atoms with Crippen LogP contribution in [0, 0.1) is 12.3 Å². The lowest BCUT2D eigenvalue weighted by atomic mass is 9.95. The molecule has 2 rings (SSSR count). The van der Waals surface area contributed by atoms with Crippen molar-refractivity contribution >= 4 is 5.95 Å². The zero-order chi connectivity index (χ0) is 14.7. The predicted molar refractivity (Wildman–Crippen MR) is 78.0 cm³/mol. The first-order valence-electron chi connectivity index (χ1n) is 6.90. The second-order valence-electron chi connectivity index (χ2n) is 5.26. The summed E-state index contributed by atoms with van der Waals surface area (Å²) in [7, 11) is 3.34. The Hall–Kier alpha value is -2.03. The second kappa shape index (κ2) is 5.95. The van der Waals surface area contributed by atoms with Crippen molar-refractivity contribution < 1.29 is 0 Å². The lowest BCUT2D eigenvalue weighted by Gasteiger charge is -2.24. The van der Waals surface area contributed by atoms with Crippen LogP contribution in [0.1, 0.15) is 38.1 Å². The van der Waals surface area contributed by atoms with E-state index >= 15 is 0 Å². The Labute approximate surface area is 118 Å². The van der Waals surface area contributed by atoms with Gasteiger partial charge in [0.25, 0.3) is 0 Å². The van der Waals surface area contributed by atoms with Gasteiger partial charge in [0.15, 0.2) is 0 Å². The third-order valence-electron chi connectivity index (χ3n) is 3.80. The normalized spacial score (nSPS) is 15.8. The Morgan fingerprint density at radius 1 is 1.35 bits per heavy atom. The molecule has 0 atom stereocenters. The maximum absolute atomic E-state index is 12.4. The van der Waals surface area contributed by atoms with Gasteiger partial charge in [-0.3, -0.25) is 4.57 Å². The Morgan fingerprint density at radius 3 is 2.60 bits per heavy atom. The minimum atomic E-state index is -0.473. The third-order valence-corrected chi connectivity index (χ3v) is 3.80. The fourth-order valence-corrected chi connectivity index (χ4v) is 2.74. The molecule has 0 aliphatic heterocycles. The zero-order valence-electron chi connectivity index (χ0n) is 12.0. The molecular weight excluding hydrogens is 256 g/mol. The van der Waals surface area contributed by atoms with Crippen molar-refractivity contribution in [3.63, 3.8) is 0 Å². The minimum absolute atomic E-state index is 0.0190. The molecule has 6 nitrogen and oxygen atoms in total. The molecule has 0 amide bonds. The minimum Gasteiger partial charge on any atom is -0.334 e. The lowest BCUT2D eigenvalue weighted by Crippen LogP contribution is -2.45. The molecule has 0 radical (unpaired) electrons. The largest absolute Gasteiger partial charge is 0.355 e. The highest BCUT2D eigenvalue weighted by Crippen LogP contribution is 2.25. The molecule has 1 aromatic heterocycles. The van der Waals surface area contributed by atoms with Crippen LogP contribution in [0.15, 0.2) is 9.59 Å². The molecule has 1 fully saturated rings. The van der Waals surface area contributed by atoms with Crippen LogP contribution in [0.5, 0.6) is 0 Å². The van der Waals surface area contributed by atoms with Gasteiger partial charge < -0.3 is 4.90 Å². The SMILES string of the molecule is C#CCN(C)c1nc(=O)n(C2CCCCC2)c(=O)n1C. The fraction of sp³-hybridized carbons (Fsp3) is 0.643. The van der Waals surface area contributed by atoms with E-state index in [1.54, 1.807) is 19.0 Å². The highest BCUT2D eigenvalue weighted by Gasteiger charge is 2.21. The quantitative estimate of drug-likeness (QED) is 0.755. The summed E-state index contributed by atoms with van der Waals surface area (Å²) in [6.07, 6.45) is 10.3. The first kappa shape index (κ1) is 14.4. The first-order chi connectivity index (χ1) is 9.56. The highest BCUT2D eigenvalue weighted by atomic mass is 16.2. The molecule has 1 heterocycles. The summed E-state index contributed by atoms with van der Waals surface area (Å²) in [5.74, 6) is 2.78. The van der Waals surface area contributed by atoms with Gasteiger partial charge in [-0.15, -0.1) is 6.42 Å². The van der Waals surface area contributed by atoms with Gasteiger partial charge in [0.05, 0.1) is 6.54 Å². The number of hydrogen-bond acceptors (Lipinski definition) is 4. The van der Waals surface area contributed by atoms with E-state index in [1.807, 2.05) is 0 Å². The maximum atomic E-state index is 12.4. The molecule has 0 saturated heterocycles. The number of terminal acetylenes is 1. The molecule has 108 valence electrons. The van der Waals surface area contributed by atoms with Crippen molar-refractivity contribution in [1.29, 1.82) is 0 Å². The molecule has 1 saturated carbocycles. The second-order valence-corrected chi connectivity index (χ2v) is 5.26. The molecule has 1 aromatic rings. The van der Waals surface area contributed by atoms with E-state index in [-0.39, 0.29) is 11.7 Å². The van der Waals surface area contributed by atoms with Crippen LogP contribution < -0.4 is 16.3 Å². The molecule has 20 heavy (non-hydrogen) atoms. The lowest BCUT2D eigenvalue weighted by molar-refractivity contribution is 0.326. The van der Waals surface area contributed by atoms with Crippen LogP contribution >= 0.6 is 0 Å². The van der Waals surface area contributed by atoms with Crippen LogP contribution in [0.4, 0.5) is 5.95 Å². The molecule has 0 aromatic carbocycles. The standard InChI is InChI=1S/C14H20N4O2/c1-4-10-16(2)12-15-13(19)18(14(20)17(12)3)11-8-6-5-7-9-11/h1,11H,5-10H2,2-3H3. The number of nitrogens with zero attached hydrogens (tertiary/aromatic N) is 4. The predicted octanol–water partition coefficient (Wildman–Crippen LogP) is 0.517. The van der Waals surface area contributed by atoms with Gasteiger partial charge in [-0.25, -0.2) is 14.2 Å². The molecule has 0 N–H and O–H groups in total. The van der Waals surface area contributed by atoms with Crippen LogP contribution in [0.25, 0.3) is 0 Å². The monoisotopic (exact) mass is 276 g/mol. The Bertz CT molecular complexity index is 632. The highest BCUT2D eigenvalue weighted by molar-refractivity contribution is 5.30. The summed E-state index contributed by atoms with van der Waals surface area (Å²) < 4.78 is 2.69. The fourth-order valence-electron chi connectivity index (χ4n) is 2.74. The van der Waals surface area contributed by atoms with Crippen molar-refractivity contribution in [1.82, 2.24) is 14.1 Å². The van der Waals surface area contributed by atoms with Gasteiger partial charge in [-0.2, -0.15) is 4.98 Å². The molecule has 0 spiro atoms. The van der Waals surface area contributed by atoms with E-state index in [2.05, 4.69) is 10.9 Å². The van der Waals surface area contributed by atoms with E-state index < -0.39 is 5.69 Å². The first-order valence-corrected chi connectivity index (χ1v) is 6.90. The van der Waals surface area contributed by atoms with E-state index in [4.69, 9.17) is 6.42 Å². The van der Waals surface area contributed by atoms with Crippen molar-refractivity contribution in [3.05, 3.63) is 21.0 Å². The van der Waals surface area contributed by atoms with Crippen LogP contribution in [0.2, 0.25) is 0 Å². The summed E-state index contributed by atoms with van der Waals surface area (Å²) in [5.41, 5.74) is -0.783. The van der Waals surface area contributed by atoms with Crippen molar-refractivity contribution in [2.45, 2.75) is 38.1 Å². The average molecular weight is 276 g/mol. The van der Waals surface area contributed by atoms with Gasteiger partial charge >= 0.3 is 11.4 Å². The number of aromatic nitrogens is 3. The molecule has 1 aliphatic carbocycles. The van der Waals surface area contributed by atoms with E-state index in [0.29, 0.717) is 12.5 Å². The average Bonchev–Trinajstić information content (AvgIpc) is 2.44. The van der Waals surface area contributed by atoms with Crippen LogP contribution in [0.3, 0.4) is 0 Å². The zero-order valence-corrected chi connectivity index (χ0v) is 12.0. The number of rotatable bonds is 3. The smallest absolute Gasteiger partial charge is 0.334 e. The third kappa shape index (κ3) is 2.62. The molecule has 0 bridgehead atoms. The Balaban J connectivity index is 2.47.